The molecule has 0 heterocycles. The second-order valence-corrected chi connectivity index (χ2v) is 5.55. The van der Waals surface area contributed by atoms with E-state index in [1.165, 1.54) is 29.2 Å². The van der Waals surface area contributed by atoms with E-state index < -0.39 is 0 Å². The number of rotatable bonds is 3. The van der Waals surface area contributed by atoms with E-state index >= 15 is 0 Å². The first-order valence-electron chi connectivity index (χ1n) is 6.73. The molecule has 94 valence electrons. The lowest BCUT2D eigenvalue weighted by Crippen LogP contribution is -2.39. The molecule has 0 amide bonds. The molecule has 0 saturated heterocycles. The highest BCUT2D eigenvalue weighted by Crippen LogP contribution is 2.27. The molecule has 2 heteroatoms. The van der Waals surface area contributed by atoms with Crippen molar-refractivity contribution < 1.29 is 0 Å². The highest BCUT2D eigenvalue weighted by atomic mass is 14.9. The van der Waals surface area contributed by atoms with Gasteiger partial charge < -0.3 is 11.1 Å². The summed E-state index contributed by atoms with van der Waals surface area (Å²) in [4.78, 5) is 0. The number of fused-ring (bicyclic) bond motifs is 1. The van der Waals surface area contributed by atoms with Gasteiger partial charge in [0.15, 0.2) is 0 Å². The monoisotopic (exact) mass is 240 g/mol. The van der Waals surface area contributed by atoms with Crippen molar-refractivity contribution in [3.8, 4) is 0 Å². The molecule has 0 unspecified atom stereocenters. The number of nitrogens with two attached hydrogens (primary N) is 1. The predicted molar refractivity (Wildman–Crippen MR) is 77.4 cm³/mol. The normalized spacial score (nSPS) is 22.9. The second-order valence-electron chi connectivity index (χ2n) is 5.55. The maximum atomic E-state index is 6.12. The van der Waals surface area contributed by atoms with E-state index in [1.807, 2.05) is 0 Å². The summed E-state index contributed by atoms with van der Waals surface area (Å²) >= 11 is 0. The third-order valence-corrected chi connectivity index (χ3v) is 3.96. The number of nitrogens with one attached hydrogen (secondary N) is 1. The summed E-state index contributed by atoms with van der Waals surface area (Å²) in [6.45, 7) is 3.19. The summed E-state index contributed by atoms with van der Waals surface area (Å²) in [6.07, 6.45) is 2.60. The van der Waals surface area contributed by atoms with Crippen LogP contribution in [0.5, 0.6) is 0 Å². The van der Waals surface area contributed by atoms with Crippen molar-refractivity contribution in [2.45, 2.75) is 32.4 Å². The first-order valence-corrected chi connectivity index (χ1v) is 6.73. The molecular formula is C16H20N2. The van der Waals surface area contributed by atoms with Crippen LogP contribution in [0.2, 0.25) is 0 Å². The van der Waals surface area contributed by atoms with Crippen molar-refractivity contribution in [2.24, 2.45) is 5.92 Å². The molecule has 1 aliphatic carbocycles. The molecule has 0 atom stereocenters. The van der Waals surface area contributed by atoms with Gasteiger partial charge in [0.05, 0.1) is 0 Å². The Hall–Kier alpha value is -1.54. The topological polar surface area (TPSA) is 38.0 Å². The Labute approximate surface area is 108 Å². The van der Waals surface area contributed by atoms with Gasteiger partial charge in [0.25, 0.3) is 0 Å². The number of anilines is 1. The SMILES string of the molecule is CC1CC(NCc2cc3ccccc3cc2N)C1. The van der Waals surface area contributed by atoms with Gasteiger partial charge in [-0.2, -0.15) is 0 Å². The second kappa shape index (κ2) is 4.62. The molecule has 2 aromatic carbocycles. The van der Waals surface area contributed by atoms with Crippen LogP contribution in [0.15, 0.2) is 36.4 Å². The van der Waals surface area contributed by atoms with Gasteiger partial charge in [-0.05, 0) is 47.2 Å². The summed E-state index contributed by atoms with van der Waals surface area (Å²) in [6, 6.07) is 13.3. The number of hydrogen-bond acceptors (Lipinski definition) is 2. The van der Waals surface area contributed by atoms with Crippen LogP contribution in [0.3, 0.4) is 0 Å². The Morgan fingerprint density at radius 1 is 1.17 bits per heavy atom. The van der Waals surface area contributed by atoms with Crippen LogP contribution >= 0.6 is 0 Å². The summed E-state index contributed by atoms with van der Waals surface area (Å²) < 4.78 is 0. The minimum absolute atomic E-state index is 0.686. The molecule has 0 spiro atoms. The van der Waals surface area contributed by atoms with Crippen LogP contribution in [-0.4, -0.2) is 6.04 Å². The van der Waals surface area contributed by atoms with Crippen molar-refractivity contribution in [1.29, 1.82) is 0 Å². The smallest absolute Gasteiger partial charge is 0.0366 e. The average molecular weight is 240 g/mol. The largest absolute Gasteiger partial charge is 0.398 e. The highest BCUT2D eigenvalue weighted by Gasteiger charge is 2.24. The van der Waals surface area contributed by atoms with E-state index in [9.17, 15) is 0 Å². The standard InChI is InChI=1S/C16H20N2/c1-11-6-15(7-11)18-10-14-8-12-4-2-3-5-13(12)9-16(14)17/h2-5,8-9,11,15,18H,6-7,10,17H2,1H3. The summed E-state index contributed by atoms with van der Waals surface area (Å²) in [5.74, 6) is 0.886. The van der Waals surface area contributed by atoms with Gasteiger partial charge in [-0.25, -0.2) is 0 Å². The molecule has 2 nitrogen and oxygen atoms in total. The Bertz CT molecular complexity index is 556. The van der Waals surface area contributed by atoms with Crippen molar-refractivity contribution in [2.75, 3.05) is 5.73 Å². The third-order valence-electron chi connectivity index (χ3n) is 3.96. The van der Waals surface area contributed by atoms with Crippen molar-refractivity contribution in [3.63, 3.8) is 0 Å². The number of benzene rings is 2. The van der Waals surface area contributed by atoms with Gasteiger partial charge in [0.2, 0.25) is 0 Å². The molecule has 2 aromatic rings. The molecule has 0 aromatic heterocycles. The lowest BCUT2D eigenvalue weighted by atomic mass is 9.82. The number of nitrogen functional groups attached to an aromatic ring is 1. The molecule has 0 radical (unpaired) electrons. The van der Waals surface area contributed by atoms with Gasteiger partial charge in [-0.15, -0.1) is 0 Å². The minimum Gasteiger partial charge on any atom is -0.398 e. The van der Waals surface area contributed by atoms with E-state index in [4.69, 9.17) is 5.73 Å². The molecule has 3 N–H and O–H groups in total. The van der Waals surface area contributed by atoms with Crippen LogP contribution < -0.4 is 11.1 Å². The van der Waals surface area contributed by atoms with E-state index in [-0.39, 0.29) is 0 Å². The molecule has 18 heavy (non-hydrogen) atoms. The molecule has 3 rings (SSSR count). The van der Waals surface area contributed by atoms with Gasteiger partial charge in [0.1, 0.15) is 0 Å². The molecule has 1 fully saturated rings. The van der Waals surface area contributed by atoms with Crippen LogP contribution in [0.1, 0.15) is 25.3 Å². The van der Waals surface area contributed by atoms with Crippen LogP contribution in [0, 0.1) is 5.92 Å². The quantitative estimate of drug-likeness (QED) is 0.808. The number of hydrogen-bond donors (Lipinski definition) is 2. The van der Waals surface area contributed by atoms with Gasteiger partial charge >= 0.3 is 0 Å². The first-order chi connectivity index (χ1) is 8.72. The van der Waals surface area contributed by atoms with Crippen LogP contribution in [-0.2, 0) is 6.54 Å². The summed E-state index contributed by atoms with van der Waals surface area (Å²) in [5.41, 5.74) is 8.23. The molecule has 0 aliphatic heterocycles. The Kier molecular flexibility index (Phi) is 2.96. The van der Waals surface area contributed by atoms with Gasteiger partial charge in [0, 0.05) is 18.3 Å². The van der Waals surface area contributed by atoms with E-state index in [2.05, 4.69) is 48.6 Å². The first kappa shape index (κ1) is 11.5. The van der Waals surface area contributed by atoms with E-state index in [0.29, 0.717) is 6.04 Å². The fourth-order valence-electron chi connectivity index (χ4n) is 2.78. The van der Waals surface area contributed by atoms with Crippen molar-refractivity contribution in [1.82, 2.24) is 5.32 Å². The van der Waals surface area contributed by atoms with Crippen molar-refractivity contribution in [3.05, 3.63) is 42.0 Å². The molecular weight excluding hydrogens is 220 g/mol. The Morgan fingerprint density at radius 2 is 1.83 bits per heavy atom. The van der Waals surface area contributed by atoms with E-state index in [0.717, 1.165) is 18.2 Å². The highest BCUT2D eigenvalue weighted by molar-refractivity contribution is 5.86. The fraction of sp³-hybridized carbons (Fsp3) is 0.375. The predicted octanol–water partition coefficient (Wildman–Crippen LogP) is 3.31. The third kappa shape index (κ3) is 2.21. The lowest BCUT2D eigenvalue weighted by Gasteiger charge is -2.33. The van der Waals surface area contributed by atoms with Crippen molar-refractivity contribution >= 4 is 16.5 Å². The van der Waals surface area contributed by atoms with Crippen LogP contribution in [0.4, 0.5) is 5.69 Å². The van der Waals surface area contributed by atoms with Crippen LogP contribution in [0.25, 0.3) is 10.8 Å². The minimum atomic E-state index is 0.686. The van der Waals surface area contributed by atoms with E-state index in [1.54, 1.807) is 0 Å². The summed E-state index contributed by atoms with van der Waals surface area (Å²) in [7, 11) is 0. The van der Waals surface area contributed by atoms with Gasteiger partial charge in [-0.3, -0.25) is 0 Å². The maximum absolute atomic E-state index is 6.12. The molecule has 0 bridgehead atoms. The Balaban J connectivity index is 1.76. The fourth-order valence-corrected chi connectivity index (χ4v) is 2.78. The molecule has 1 saturated carbocycles. The zero-order valence-electron chi connectivity index (χ0n) is 10.8. The molecule has 1 aliphatic rings. The van der Waals surface area contributed by atoms with Gasteiger partial charge in [-0.1, -0.05) is 31.2 Å². The average Bonchev–Trinajstić information content (AvgIpc) is 2.33. The zero-order chi connectivity index (χ0) is 12.5. The Morgan fingerprint density at radius 3 is 2.50 bits per heavy atom. The zero-order valence-corrected chi connectivity index (χ0v) is 10.8. The lowest BCUT2D eigenvalue weighted by molar-refractivity contribution is 0.240. The maximum Gasteiger partial charge on any atom is 0.0366 e. The summed E-state index contributed by atoms with van der Waals surface area (Å²) in [5, 5.41) is 6.08.